The fraction of sp³-hybridized carbons (Fsp3) is 0.700. The van der Waals surface area contributed by atoms with Crippen molar-refractivity contribution in [2.75, 3.05) is 24.6 Å². The quantitative estimate of drug-likeness (QED) is 0.543. The van der Waals surface area contributed by atoms with Crippen molar-refractivity contribution in [3.8, 4) is 0 Å². The van der Waals surface area contributed by atoms with Crippen molar-refractivity contribution in [1.82, 2.24) is 15.5 Å². The summed E-state index contributed by atoms with van der Waals surface area (Å²) in [6.07, 6.45) is 0.993. The second-order valence-corrected chi connectivity index (χ2v) is 4.38. The van der Waals surface area contributed by atoms with E-state index >= 15 is 0 Å². The number of hydrogen-bond donors (Lipinski definition) is 4. The van der Waals surface area contributed by atoms with E-state index in [2.05, 4.69) is 36.3 Å². The Morgan fingerprint density at radius 1 is 1.40 bits per heavy atom. The Morgan fingerprint density at radius 2 is 2.07 bits per heavy atom. The van der Waals surface area contributed by atoms with Gasteiger partial charge in [-0.3, -0.25) is 5.10 Å². The van der Waals surface area contributed by atoms with E-state index in [4.69, 9.17) is 11.5 Å². The van der Waals surface area contributed by atoms with Crippen LogP contribution in [0.1, 0.15) is 32.9 Å². The molecule has 6 N–H and O–H groups in total. The number of nitrogens with two attached hydrogens (primary N) is 2. The van der Waals surface area contributed by atoms with E-state index in [1.165, 1.54) is 0 Å². The van der Waals surface area contributed by atoms with Crippen molar-refractivity contribution < 1.29 is 0 Å². The summed E-state index contributed by atoms with van der Waals surface area (Å²) in [7, 11) is 0. The standard InChI is InChI=1S/C10H21N5/c1-4-13-6-5-10(2,3)8-7(11)9(12)15-14-8/h13H,4-6,11H2,1-3H3,(H3,12,14,15). The van der Waals surface area contributed by atoms with E-state index in [9.17, 15) is 0 Å². The zero-order valence-electron chi connectivity index (χ0n) is 9.72. The molecule has 0 amide bonds. The average Bonchev–Trinajstić information content (AvgIpc) is 2.48. The molecule has 0 saturated carbocycles. The Bertz CT molecular complexity index is 316. The summed E-state index contributed by atoms with van der Waals surface area (Å²) < 4.78 is 0. The topological polar surface area (TPSA) is 92.8 Å². The van der Waals surface area contributed by atoms with Crippen LogP contribution in [0.3, 0.4) is 0 Å². The molecule has 0 aliphatic heterocycles. The lowest BCUT2D eigenvalue weighted by Gasteiger charge is -2.23. The first kappa shape index (κ1) is 11.8. The van der Waals surface area contributed by atoms with Gasteiger partial charge in [-0.15, -0.1) is 0 Å². The van der Waals surface area contributed by atoms with Crippen LogP contribution in [0.4, 0.5) is 11.5 Å². The Kier molecular flexibility index (Phi) is 3.57. The predicted molar refractivity (Wildman–Crippen MR) is 63.6 cm³/mol. The van der Waals surface area contributed by atoms with Gasteiger partial charge in [0.2, 0.25) is 0 Å². The second-order valence-electron chi connectivity index (χ2n) is 4.38. The first-order valence-corrected chi connectivity index (χ1v) is 5.29. The summed E-state index contributed by atoms with van der Waals surface area (Å²) in [5, 5.41) is 10.1. The molecule has 0 aliphatic rings. The van der Waals surface area contributed by atoms with Crippen LogP contribution in [-0.4, -0.2) is 23.3 Å². The molecule has 1 aromatic rings. The van der Waals surface area contributed by atoms with Gasteiger partial charge in [-0.25, -0.2) is 0 Å². The Balaban J connectivity index is 2.72. The SMILES string of the molecule is CCNCCC(C)(C)c1[nH]nc(N)c1N. The summed E-state index contributed by atoms with van der Waals surface area (Å²) in [5.41, 5.74) is 12.9. The van der Waals surface area contributed by atoms with E-state index in [1.807, 2.05) is 0 Å². The molecule has 1 heterocycles. The zero-order chi connectivity index (χ0) is 11.5. The monoisotopic (exact) mass is 211 g/mol. The summed E-state index contributed by atoms with van der Waals surface area (Å²) in [5.74, 6) is 0.390. The van der Waals surface area contributed by atoms with Crippen LogP contribution >= 0.6 is 0 Å². The van der Waals surface area contributed by atoms with Gasteiger partial charge in [0.05, 0.1) is 11.4 Å². The van der Waals surface area contributed by atoms with Crippen molar-refractivity contribution in [2.24, 2.45) is 0 Å². The van der Waals surface area contributed by atoms with E-state index in [0.717, 1.165) is 25.2 Å². The maximum atomic E-state index is 5.85. The number of nitrogen functional groups attached to an aromatic ring is 2. The number of rotatable bonds is 5. The van der Waals surface area contributed by atoms with Crippen LogP contribution in [0, 0.1) is 0 Å². The highest BCUT2D eigenvalue weighted by Crippen LogP contribution is 2.31. The highest BCUT2D eigenvalue weighted by Gasteiger charge is 2.25. The first-order valence-electron chi connectivity index (χ1n) is 5.29. The molecule has 0 unspecified atom stereocenters. The minimum atomic E-state index is -0.0309. The van der Waals surface area contributed by atoms with Crippen LogP contribution in [-0.2, 0) is 5.41 Å². The maximum absolute atomic E-state index is 5.85. The number of aromatic nitrogens is 2. The summed E-state index contributed by atoms with van der Waals surface area (Å²) in [6, 6.07) is 0. The highest BCUT2D eigenvalue weighted by molar-refractivity contribution is 5.62. The molecular formula is C10H21N5. The van der Waals surface area contributed by atoms with Crippen LogP contribution in [0.2, 0.25) is 0 Å². The van der Waals surface area contributed by atoms with Crippen molar-refractivity contribution in [1.29, 1.82) is 0 Å². The van der Waals surface area contributed by atoms with Gasteiger partial charge in [-0.2, -0.15) is 5.10 Å². The molecule has 0 atom stereocenters. The Morgan fingerprint density at radius 3 is 2.53 bits per heavy atom. The third-order valence-electron chi connectivity index (χ3n) is 2.69. The van der Waals surface area contributed by atoms with E-state index in [0.29, 0.717) is 11.5 Å². The minimum absolute atomic E-state index is 0.0309. The van der Waals surface area contributed by atoms with Gasteiger partial charge in [0.15, 0.2) is 5.82 Å². The number of aromatic amines is 1. The normalized spacial score (nSPS) is 11.9. The molecule has 0 aromatic carbocycles. The van der Waals surface area contributed by atoms with Crippen LogP contribution in [0.25, 0.3) is 0 Å². The fourth-order valence-electron chi connectivity index (χ4n) is 1.58. The lowest BCUT2D eigenvalue weighted by molar-refractivity contribution is 0.450. The Labute approximate surface area is 90.6 Å². The predicted octanol–water partition coefficient (Wildman–Crippen LogP) is 0.851. The first-order chi connectivity index (χ1) is 6.99. The second kappa shape index (κ2) is 4.53. The molecule has 0 saturated heterocycles. The molecule has 0 fully saturated rings. The lowest BCUT2D eigenvalue weighted by Crippen LogP contribution is -2.26. The lowest BCUT2D eigenvalue weighted by atomic mass is 9.85. The van der Waals surface area contributed by atoms with Gasteiger partial charge in [-0.1, -0.05) is 20.8 Å². The maximum Gasteiger partial charge on any atom is 0.168 e. The van der Waals surface area contributed by atoms with E-state index in [1.54, 1.807) is 0 Å². The number of anilines is 2. The number of nitrogens with one attached hydrogen (secondary N) is 2. The van der Waals surface area contributed by atoms with Crippen molar-refractivity contribution in [3.05, 3.63) is 5.69 Å². The zero-order valence-corrected chi connectivity index (χ0v) is 9.72. The third kappa shape index (κ3) is 2.62. The van der Waals surface area contributed by atoms with Gasteiger partial charge >= 0.3 is 0 Å². The minimum Gasteiger partial charge on any atom is -0.394 e. The van der Waals surface area contributed by atoms with Gasteiger partial charge in [0.1, 0.15) is 0 Å². The highest BCUT2D eigenvalue weighted by atomic mass is 15.2. The van der Waals surface area contributed by atoms with Gasteiger partial charge in [0, 0.05) is 5.41 Å². The summed E-state index contributed by atoms with van der Waals surface area (Å²) >= 11 is 0. The molecule has 86 valence electrons. The molecule has 0 bridgehead atoms. The van der Waals surface area contributed by atoms with E-state index in [-0.39, 0.29) is 5.41 Å². The third-order valence-corrected chi connectivity index (χ3v) is 2.69. The largest absolute Gasteiger partial charge is 0.394 e. The molecule has 0 spiro atoms. The van der Waals surface area contributed by atoms with Gasteiger partial charge < -0.3 is 16.8 Å². The Hall–Kier alpha value is -1.23. The van der Waals surface area contributed by atoms with E-state index < -0.39 is 0 Å². The van der Waals surface area contributed by atoms with Crippen molar-refractivity contribution >= 4 is 11.5 Å². The molecule has 0 radical (unpaired) electrons. The number of hydrogen-bond acceptors (Lipinski definition) is 4. The summed E-state index contributed by atoms with van der Waals surface area (Å²) in [6.45, 7) is 8.30. The van der Waals surface area contributed by atoms with Gasteiger partial charge in [0.25, 0.3) is 0 Å². The summed E-state index contributed by atoms with van der Waals surface area (Å²) in [4.78, 5) is 0. The van der Waals surface area contributed by atoms with Gasteiger partial charge in [-0.05, 0) is 19.5 Å². The fourth-order valence-corrected chi connectivity index (χ4v) is 1.58. The number of nitrogens with zero attached hydrogens (tertiary/aromatic N) is 1. The van der Waals surface area contributed by atoms with Crippen LogP contribution in [0.5, 0.6) is 0 Å². The molecule has 15 heavy (non-hydrogen) atoms. The van der Waals surface area contributed by atoms with Crippen molar-refractivity contribution in [2.45, 2.75) is 32.6 Å². The molecule has 1 aromatic heterocycles. The van der Waals surface area contributed by atoms with Crippen molar-refractivity contribution in [3.63, 3.8) is 0 Å². The van der Waals surface area contributed by atoms with Crippen LogP contribution < -0.4 is 16.8 Å². The molecule has 1 rings (SSSR count). The molecular weight excluding hydrogens is 190 g/mol. The molecule has 5 heteroatoms. The van der Waals surface area contributed by atoms with Crippen LogP contribution in [0.15, 0.2) is 0 Å². The smallest absolute Gasteiger partial charge is 0.168 e. The number of H-pyrrole nitrogens is 1. The average molecular weight is 211 g/mol. The molecule has 0 aliphatic carbocycles. The molecule has 5 nitrogen and oxygen atoms in total.